The molecule has 0 aromatic carbocycles. The molecular weight excluding hydrogens is 296 g/mol. The van der Waals surface area contributed by atoms with Crippen LogP contribution in [0, 0.1) is 0 Å². The smallest absolute Gasteiger partial charge is 0.303 e. The van der Waals surface area contributed by atoms with Gasteiger partial charge in [-0.15, -0.1) is 0 Å². The molecular formula is C18H36O5. The van der Waals surface area contributed by atoms with Gasteiger partial charge in [0, 0.05) is 6.42 Å². The van der Waals surface area contributed by atoms with Crippen LogP contribution in [0.1, 0.15) is 90.4 Å². The average molecular weight is 332 g/mol. The molecule has 138 valence electrons. The fourth-order valence-corrected chi connectivity index (χ4v) is 2.68. The highest BCUT2D eigenvalue weighted by Crippen LogP contribution is 2.15. The zero-order valence-electron chi connectivity index (χ0n) is 14.6. The quantitative estimate of drug-likeness (QED) is 0.325. The molecule has 5 heteroatoms. The van der Waals surface area contributed by atoms with E-state index in [0.717, 1.165) is 51.4 Å². The Morgan fingerprint density at radius 1 is 0.739 bits per heavy atom. The lowest BCUT2D eigenvalue weighted by molar-refractivity contribution is -0.137. The third-order valence-electron chi connectivity index (χ3n) is 4.27. The first-order valence-corrected chi connectivity index (χ1v) is 9.23. The lowest BCUT2D eigenvalue weighted by Gasteiger charge is -2.19. The Labute approximate surface area is 140 Å². The number of rotatable bonds is 16. The van der Waals surface area contributed by atoms with Gasteiger partial charge in [0.15, 0.2) is 0 Å². The van der Waals surface area contributed by atoms with Gasteiger partial charge in [0.05, 0.1) is 18.3 Å². The van der Waals surface area contributed by atoms with E-state index in [-0.39, 0.29) is 12.5 Å². The van der Waals surface area contributed by atoms with Crippen LogP contribution in [0.25, 0.3) is 0 Å². The minimum atomic E-state index is -0.761. The van der Waals surface area contributed by atoms with Gasteiger partial charge in [-0.1, -0.05) is 51.9 Å². The van der Waals surface area contributed by atoms with Gasteiger partial charge in [0.25, 0.3) is 0 Å². The van der Waals surface area contributed by atoms with Gasteiger partial charge in [-0.2, -0.15) is 0 Å². The van der Waals surface area contributed by atoms with E-state index >= 15 is 0 Å². The summed E-state index contributed by atoms with van der Waals surface area (Å²) in [7, 11) is 0. The highest BCUT2D eigenvalue weighted by Gasteiger charge is 2.17. The largest absolute Gasteiger partial charge is 0.481 e. The first kappa shape index (κ1) is 22.4. The van der Waals surface area contributed by atoms with Crippen LogP contribution < -0.4 is 0 Å². The number of carboxylic acids is 1. The number of aliphatic carboxylic acids is 1. The molecule has 0 aliphatic heterocycles. The minimum absolute atomic E-state index is 0.224. The molecule has 0 aromatic heterocycles. The third kappa shape index (κ3) is 14.7. The van der Waals surface area contributed by atoms with Crippen LogP contribution in [0.15, 0.2) is 0 Å². The van der Waals surface area contributed by atoms with Crippen molar-refractivity contribution >= 4 is 5.97 Å². The molecule has 0 spiro atoms. The predicted molar refractivity (Wildman–Crippen MR) is 91.4 cm³/mol. The molecule has 0 amide bonds. The molecule has 0 saturated carbocycles. The minimum Gasteiger partial charge on any atom is -0.481 e. The van der Waals surface area contributed by atoms with Gasteiger partial charge in [-0.25, -0.2) is 0 Å². The van der Waals surface area contributed by atoms with Crippen LogP contribution in [-0.2, 0) is 4.79 Å². The second kappa shape index (κ2) is 14.9. The predicted octanol–water partition coefficient (Wildman–Crippen LogP) is 3.24. The number of carboxylic acid groups (broad SMARTS) is 1. The normalized spacial score (nSPS) is 15.3. The van der Waals surface area contributed by atoms with Crippen LogP contribution in [0.5, 0.6) is 0 Å². The summed E-state index contributed by atoms with van der Waals surface area (Å²) >= 11 is 0. The summed E-state index contributed by atoms with van der Waals surface area (Å²) in [6.07, 6.45) is 8.28. The standard InChI is InChI=1S/C18H36O5/c1-2-3-7-10-15(19)13-14-17(21)16(20)11-8-5-4-6-9-12-18(22)23/h15-17,19-21H,2-14H2,1H3,(H,22,23). The Hall–Kier alpha value is -0.650. The molecule has 0 bridgehead atoms. The molecule has 5 nitrogen and oxygen atoms in total. The van der Waals surface area contributed by atoms with Crippen molar-refractivity contribution in [3.8, 4) is 0 Å². The Kier molecular flexibility index (Phi) is 14.5. The van der Waals surface area contributed by atoms with Gasteiger partial charge in [-0.05, 0) is 32.1 Å². The van der Waals surface area contributed by atoms with Crippen molar-refractivity contribution in [1.82, 2.24) is 0 Å². The molecule has 3 unspecified atom stereocenters. The summed E-state index contributed by atoms with van der Waals surface area (Å²) in [6.45, 7) is 2.12. The molecule has 3 atom stereocenters. The van der Waals surface area contributed by atoms with E-state index in [0.29, 0.717) is 25.7 Å². The SMILES string of the molecule is CCCCCC(O)CCC(O)C(O)CCCCCCCC(=O)O. The van der Waals surface area contributed by atoms with Crippen LogP contribution >= 0.6 is 0 Å². The lowest BCUT2D eigenvalue weighted by atomic mass is 9.98. The number of carbonyl (C=O) groups is 1. The molecule has 23 heavy (non-hydrogen) atoms. The Bertz CT molecular complexity index is 283. The first-order chi connectivity index (χ1) is 11.0. The number of hydrogen-bond donors (Lipinski definition) is 4. The lowest BCUT2D eigenvalue weighted by Crippen LogP contribution is -2.27. The number of unbranched alkanes of at least 4 members (excludes halogenated alkanes) is 6. The summed E-state index contributed by atoms with van der Waals surface area (Å²) in [5.41, 5.74) is 0. The molecule has 4 N–H and O–H groups in total. The van der Waals surface area contributed by atoms with E-state index < -0.39 is 18.2 Å². The number of aliphatic hydroxyl groups excluding tert-OH is 3. The van der Waals surface area contributed by atoms with Gasteiger partial charge < -0.3 is 20.4 Å². The summed E-state index contributed by atoms with van der Waals surface area (Å²) in [5.74, 6) is -0.750. The van der Waals surface area contributed by atoms with E-state index in [9.17, 15) is 20.1 Å². The maximum atomic E-state index is 10.4. The monoisotopic (exact) mass is 332 g/mol. The van der Waals surface area contributed by atoms with Crippen molar-refractivity contribution in [3.63, 3.8) is 0 Å². The van der Waals surface area contributed by atoms with Crippen molar-refractivity contribution in [3.05, 3.63) is 0 Å². The van der Waals surface area contributed by atoms with Gasteiger partial charge in [0.2, 0.25) is 0 Å². The van der Waals surface area contributed by atoms with Crippen LogP contribution in [0.2, 0.25) is 0 Å². The molecule has 0 aliphatic carbocycles. The van der Waals surface area contributed by atoms with E-state index in [1.165, 1.54) is 0 Å². The van der Waals surface area contributed by atoms with Crippen molar-refractivity contribution < 1.29 is 25.2 Å². The topological polar surface area (TPSA) is 98.0 Å². The zero-order valence-corrected chi connectivity index (χ0v) is 14.6. The second-order valence-corrected chi connectivity index (χ2v) is 6.56. The van der Waals surface area contributed by atoms with Gasteiger partial charge in [0.1, 0.15) is 0 Å². The zero-order chi connectivity index (χ0) is 17.5. The third-order valence-corrected chi connectivity index (χ3v) is 4.27. The van der Waals surface area contributed by atoms with E-state index in [1.807, 2.05) is 0 Å². The first-order valence-electron chi connectivity index (χ1n) is 9.23. The average Bonchev–Trinajstić information content (AvgIpc) is 2.51. The number of aliphatic hydroxyl groups is 3. The van der Waals surface area contributed by atoms with E-state index in [1.54, 1.807) is 0 Å². The Balaban J connectivity index is 3.54. The molecule has 0 aromatic rings. The highest BCUT2D eigenvalue weighted by molar-refractivity contribution is 5.66. The molecule has 0 aliphatic rings. The summed E-state index contributed by atoms with van der Waals surface area (Å²) < 4.78 is 0. The maximum absolute atomic E-state index is 10.4. The van der Waals surface area contributed by atoms with Gasteiger partial charge in [-0.3, -0.25) is 4.79 Å². The van der Waals surface area contributed by atoms with E-state index in [2.05, 4.69) is 6.92 Å². The summed E-state index contributed by atoms with van der Waals surface area (Å²) in [4.78, 5) is 10.4. The summed E-state index contributed by atoms with van der Waals surface area (Å²) in [5, 5.41) is 38.2. The Morgan fingerprint density at radius 2 is 1.30 bits per heavy atom. The number of hydrogen-bond acceptors (Lipinski definition) is 4. The fraction of sp³-hybridized carbons (Fsp3) is 0.944. The summed E-state index contributed by atoms with van der Waals surface area (Å²) in [6, 6.07) is 0. The van der Waals surface area contributed by atoms with Crippen molar-refractivity contribution in [1.29, 1.82) is 0 Å². The van der Waals surface area contributed by atoms with Crippen molar-refractivity contribution in [2.45, 2.75) is 109 Å². The van der Waals surface area contributed by atoms with Crippen molar-refractivity contribution in [2.24, 2.45) is 0 Å². The van der Waals surface area contributed by atoms with Crippen LogP contribution in [0.3, 0.4) is 0 Å². The molecule has 0 radical (unpaired) electrons. The molecule has 0 heterocycles. The highest BCUT2D eigenvalue weighted by atomic mass is 16.4. The fourth-order valence-electron chi connectivity index (χ4n) is 2.68. The molecule has 0 rings (SSSR count). The molecule has 0 saturated heterocycles. The van der Waals surface area contributed by atoms with Crippen LogP contribution in [0.4, 0.5) is 0 Å². The maximum Gasteiger partial charge on any atom is 0.303 e. The van der Waals surface area contributed by atoms with Gasteiger partial charge >= 0.3 is 5.97 Å². The Morgan fingerprint density at radius 3 is 1.96 bits per heavy atom. The van der Waals surface area contributed by atoms with Crippen LogP contribution in [-0.4, -0.2) is 44.7 Å². The van der Waals surface area contributed by atoms with E-state index in [4.69, 9.17) is 5.11 Å². The molecule has 0 fully saturated rings. The second-order valence-electron chi connectivity index (χ2n) is 6.56. The van der Waals surface area contributed by atoms with Crippen molar-refractivity contribution in [2.75, 3.05) is 0 Å².